The van der Waals surface area contributed by atoms with Crippen LogP contribution in [0.2, 0.25) is 0 Å². The van der Waals surface area contributed by atoms with Crippen molar-refractivity contribution in [3.8, 4) is 0 Å². The summed E-state index contributed by atoms with van der Waals surface area (Å²) < 4.78 is 0. The summed E-state index contributed by atoms with van der Waals surface area (Å²) in [5.74, 6) is 0.278. The van der Waals surface area contributed by atoms with E-state index in [0.717, 1.165) is 13.0 Å². The lowest BCUT2D eigenvalue weighted by molar-refractivity contribution is 0.386. The Morgan fingerprint density at radius 2 is 2.38 bits per heavy atom. The molecule has 0 saturated heterocycles. The fourth-order valence-corrected chi connectivity index (χ4v) is 0.469. The normalized spacial score (nSPS) is 9.12. The van der Waals surface area contributed by atoms with Crippen molar-refractivity contribution in [3.63, 3.8) is 0 Å². The second-order valence-corrected chi connectivity index (χ2v) is 1.77. The highest BCUT2D eigenvalue weighted by molar-refractivity contribution is 4.77. The summed E-state index contributed by atoms with van der Waals surface area (Å²) in [6.07, 6.45) is 1.67. The van der Waals surface area contributed by atoms with Gasteiger partial charge in [0, 0.05) is 6.42 Å². The maximum atomic E-state index is 8.56. The Kier molecular flexibility index (Phi) is 4.36. The van der Waals surface area contributed by atoms with Crippen molar-refractivity contribution in [1.29, 1.82) is 0 Å². The SMILES string of the molecule is C=C(O)CCCNC. The van der Waals surface area contributed by atoms with Crippen molar-refractivity contribution in [2.75, 3.05) is 13.6 Å². The Balaban J connectivity index is 2.82. The second kappa shape index (κ2) is 4.65. The summed E-state index contributed by atoms with van der Waals surface area (Å²) in [5.41, 5.74) is 0. The van der Waals surface area contributed by atoms with Crippen LogP contribution in [0.3, 0.4) is 0 Å². The number of hydrogen-bond donors (Lipinski definition) is 2. The monoisotopic (exact) mass is 115 g/mol. The summed E-state index contributed by atoms with van der Waals surface area (Å²) in [4.78, 5) is 0. The Morgan fingerprint density at radius 3 is 2.75 bits per heavy atom. The van der Waals surface area contributed by atoms with Gasteiger partial charge in [0.2, 0.25) is 0 Å². The van der Waals surface area contributed by atoms with Gasteiger partial charge in [-0.1, -0.05) is 6.58 Å². The highest BCUT2D eigenvalue weighted by Crippen LogP contribution is 1.94. The van der Waals surface area contributed by atoms with E-state index in [1.54, 1.807) is 0 Å². The third-order valence-corrected chi connectivity index (χ3v) is 0.892. The van der Waals surface area contributed by atoms with Crippen molar-refractivity contribution >= 4 is 0 Å². The molecule has 0 aliphatic rings. The van der Waals surface area contributed by atoms with Crippen LogP contribution in [0, 0.1) is 0 Å². The first kappa shape index (κ1) is 7.50. The molecule has 0 aliphatic carbocycles. The van der Waals surface area contributed by atoms with Gasteiger partial charge in [0.15, 0.2) is 0 Å². The van der Waals surface area contributed by atoms with Gasteiger partial charge in [-0.2, -0.15) is 0 Å². The van der Waals surface area contributed by atoms with Crippen LogP contribution >= 0.6 is 0 Å². The number of aliphatic hydroxyl groups is 1. The topological polar surface area (TPSA) is 32.3 Å². The lowest BCUT2D eigenvalue weighted by Crippen LogP contribution is -2.07. The van der Waals surface area contributed by atoms with E-state index in [1.165, 1.54) is 0 Å². The molecule has 2 N–H and O–H groups in total. The average Bonchev–Trinajstić information content (AvgIpc) is 1.66. The molecule has 0 atom stereocenters. The molecule has 0 heterocycles. The van der Waals surface area contributed by atoms with E-state index < -0.39 is 0 Å². The van der Waals surface area contributed by atoms with E-state index >= 15 is 0 Å². The zero-order valence-corrected chi connectivity index (χ0v) is 5.28. The highest BCUT2D eigenvalue weighted by atomic mass is 16.3. The van der Waals surface area contributed by atoms with E-state index in [-0.39, 0.29) is 5.76 Å². The molecule has 0 saturated carbocycles. The van der Waals surface area contributed by atoms with Gasteiger partial charge in [-0.3, -0.25) is 0 Å². The number of rotatable bonds is 4. The molecule has 2 nitrogen and oxygen atoms in total. The molecule has 0 fully saturated rings. The van der Waals surface area contributed by atoms with Crippen LogP contribution in [-0.2, 0) is 0 Å². The minimum absolute atomic E-state index is 0.278. The highest BCUT2D eigenvalue weighted by Gasteiger charge is 1.86. The first-order chi connectivity index (χ1) is 3.77. The van der Waals surface area contributed by atoms with Crippen molar-refractivity contribution in [2.24, 2.45) is 0 Å². The summed E-state index contributed by atoms with van der Waals surface area (Å²) >= 11 is 0. The molecular formula is C6H13NO. The molecule has 8 heavy (non-hydrogen) atoms. The van der Waals surface area contributed by atoms with Crippen LogP contribution in [0.25, 0.3) is 0 Å². The number of nitrogens with one attached hydrogen (secondary N) is 1. The molecule has 0 unspecified atom stereocenters. The van der Waals surface area contributed by atoms with Crippen LogP contribution in [0.5, 0.6) is 0 Å². The van der Waals surface area contributed by atoms with E-state index in [4.69, 9.17) is 5.11 Å². The van der Waals surface area contributed by atoms with E-state index in [2.05, 4.69) is 11.9 Å². The number of hydrogen-bond acceptors (Lipinski definition) is 2. The minimum Gasteiger partial charge on any atom is -0.513 e. The first-order valence-corrected chi connectivity index (χ1v) is 2.78. The summed E-state index contributed by atoms with van der Waals surface area (Å²) in [5, 5.41) is 11.5. The summed E-state index contributed by atoms with van der Waals surface area (Å²) in [6.45, 7) is 4.30. The lowest BCUT2D eigenvalue weighted by atomic mass is 10.3. The largest absolute Gasteiger partial charge is 0.513 e. The van der Waals surface area contributed by atoms with Crippen molar-refractivity contribution in [1.82, 2.24) is 5.32 Å². The van der Waals surface area contributed by atoms with Gasteiger partial charge in [-0.25, -0.2) is 0 Å². The smallest absolute Gasteiger partial charge is 0.0851 e. The number of allylic oxidation sites excluding steroid dienone is 1. The van der Waals surface area contributed by atoms with Gasteiger partial charge < -0.3 is 10.4 Å². The zero-order valence-electron chi connectivity index (χ0n) is 5.28. The predicted octanol–water partition coefficient (Wildman–Crippen LogP) is 1.06. The fraction of sp³-hybridized carbons (Fsp3) is 0.667. The zero-order chi connectivity index (χ0) is 6.41. The average molecular weight is 115 g/mol. The van der Waals surface area contributed by atoms with Crippen LogP contribution < -0.4 is 5.32 Å². The predicted molar refractivity (Wildman–Crippen MR) is 34.9 cm³/mol. The molecular weight excluding hydrogens is 102 g/mol. The summed E-state index contributed by atoms with van der Waals surface area (Å²) in [7, 11) is 1.89. The lowest BCUT2D eigenvalue weighted by Gasteiger charge is -1.95. The molecule has 0 aromatic rings. The Morgan fingerprint density at radius 1 is 1.75 bits per heavy atom. The Hall–Kier alpha value is -0.500. The van der Waals surface area contributed by atoms with Crippen molar-refractivity contribution < 1.29 is 5.11 Å². The maximum Gasteiger partial charge on any atom is 0.0851 e. The van der Waals surface area contributed by atoms with E-state index in [0.29, 0.717) is 6.42 Å². The molecule has 0 amide bonds. The van der Waals surface area contributed by atoms with Gasteiger partial charge in [-0.15, -0.1) is 0 Å². The third kappa shape index (κ3) is 5.50. The molecule has 0 spiro atoms. The van der Waals surface area contributed by atoms with Crippen molar-refractivity contribution in [3.05, 3.63) is 12.3 Å². The Bertz CT molecular complexity index is 70.9. The summed E-state index contributed by atoms with van der Waals surface area (Å²) in [6, 6.07) is 0. The molecule has 0 radical (unpaired) electrons. The maximum absolute atomic E-state index is 8.56. The van der Waals surface area contributed by atoms with E-state index in [1.807, 2.05) is 7.05 Å². The van der Waals surface area contributed by atoms with Gasteiger partial charge in [0.05, 0.1) is 5.76 Å². The molecule has 0 aliphatic heterocycles. The molecule has 0 rings (SSSR count). The molecule has 0 aromatic heterocycles. The van der Waals surface area contributed by atoms with Gasteiger partial charge in [0.25, 0.3) is 0 Å². The quantitative estimate of drug-likeness (QED) is 0.424. The fourth-order valence-electron chi connectivity index (χ4n) is 0.469. The third-order valence-electron chi connectivity index (χ3n) is 0.892. The van der Waals surface area contributed by atoms with Gasteiger partial charge in [0.1, 0.15) is 0 Å². The molecule has 0 bridgehead atoms. The van der Waals surface area contributed by atoms with Crippen LogP contribution in [-0.4, -0.2) is 18.7 Å². The van der Waals surface area contributed by atoms with E-state index in [9.17, 15) is 0 Å². The minimum atomic E-state index is 0.278. The Labute approximate surface area is 50.2 Å². The van der Waals surface area contributed by atoms with Gasteiger partial charge in [-0.05, 0) is 20.0 Å². The van der Waals surface area contributed by atoms with Crippen molar-refractivity contribution in [2.45, 2.75) is 12.8 Å². The first-order valence-electron chi connectivity index (χ1n) is 2.78. The van der Waals surface area contributed by atoms with Crippen LogP contribution in [0.4, 0.5) is 0 Å². The standard InChI is InChI=1S/C6H13NO/c1-6(8)4-3-5-7-2/h7-8H,1,3-5H2,2H3. The molecule has 2 heteroatoms. The number of aliphatic hydroxyl groups excluding tert-OH is 1. The molecule has 48 valence electrons. The van der Waals surface area contributed by atoms with Crippen LogP contribution in [0.15, 0.2) is 12.3 Å². The molecule has 0 aromatic carbocycles. The van der Waals surface area contributed by atoms with Gasteiger partial charge >= 0.3 is 0 Å². The second-order valence-electron chi connectivity index (χ2n) is 1.77. The van der Waals surface area contributed by atoms with Crippen LogP contribution in [0.1, 0.15) is 12.8 Å².